The number of para-hydroxylation sites is 1. The molecule has 33 heavy (non-hydrogen) atoms. The Morgan fingerprint density at radius 3 is 2.55 bits per heavy atom. The smallest absolute Gasteiger partial charge is 0.248 e. The average Bonchev–Trinajstić information content (AvgIpc) is 3.27. The Bertz CT molecular complexity index is 1170. The number of benzene rings is 2. The third kappa shape index (κ3) is 5.74. The van der Waals surface area contributed by atoms with Crippen molar-refractivity contribution in [3.63, 3.8) is 0 Å². The first-order valence-electron chi connectivity index (χ1n) is 10.7. The van der Waals surface area contributed by atoms with E-state index < -0.39 is 0 Å². The normalized spacial score (nSPS) is 14.7. The van der Waals surface area contributed by atoms with Gasteiger partial charge < -0.3 is 19.5 Å². The topological polar surface area (TPSA) is 48.7 Å². The van der Waals surface area contributed by atoms with Gasteiger partial charge in [0.1, 0.15) is 11.5 Å². The summed E-state index contributed by atoms with van der Waals surface area (Å²) in [6, 6.07) is 14.3. The molecule has 0 spiro atoms. The fourth-order valence-electron chi connectivity index (χ4n) is 3.83. The largest absolute Gasteiger partial charge is 0.457 e. The Labute approximate surface area is 208 Å². The summed E-state index contributed by atoms with van der Waals surface area (Å²) in [6.07, 6.45) is 3.05. The Hall–Kier alpha value is -2.44. The summed E-state index contributed by atoms with van der Waals surface area (Å²) < 4.78 is 5.82. The van der Waals surface area contributed by atoms with E-state index in [0.717, 1.165) is 44.0 Å². The molecule has 1 saturated heterocycles. The van der Waals surface area contributed by atoms with Crippen molar-refractivity contribution >= 4 is 58.2 Å². The van der Waals surface area contributed by atoms with Crippen molar-refractivity contribution in [2.24, 2.45) is 0 Å². The highest BCUT2D eigenvalue weighted by atomic mass is 35.5. The molecule has 1 aliphatic heterocycles. The first-order chi connectivity index (χ1) is 15.9. The van der Waals surface area contributed by atoms with E-state index in [1.165, 1.54) is 6.08 Å². The Morgan fingerprint density at radius 1 is 1.03 bits per heavy atom. The molecule has 0 radical (unpaired) electrons. The van der Waals surface area contributed by atoms with Gasteiger partial charge in [0.15, 0.2) is 0 Å². The maximum Gasteiger partial charge on any atom is 0.248 e. The van der Waals surface area contributed by atoms with Crippen molar-refractivity contribution in [1.82, 2.24) is 4.90 Å². The monoisotopic (exact) mass is 503 g/mol. The number of nitrogens with zero attached hydrogens (tertiary/aromatic N) is 2. The number of hydrogen-bond donors (Lipinski definition) is 1. The summed E-state index contributed by atoms with van der Waals surface area (Å²) in [5.74, 6) is 0.862. The van der Waals surface area contributed by atoms with Crippen LogP contribution in [0.5, 0.6) is 0 Å². The molecule has 3 aromatic rings. The van der Waals surface area contributed by atoms with Gasteiger partial charge in [0, 0.05) is 42.8 Å². The summed E-state index contributed by atoms with van der Waals surface area (Å²) in [5.41, 5.74) is 2.28. The van der Waals surface area contributed by atoms with E-state index in [9.17, 15) is 4.79 Å². The summed E-state index contributed by atoms with van der Waals surface area (Å²) in [7, 11) is 0. The van der Waals surface area contributed by atoms with Crippen LogP contribution in [0.2, 0.25) is 15.1 Å². The van der Waals surface area contributed by atoms with Gasteiger partial charge in [-0.25, -0.2) is 0 Å². The van der Waals surface area contributed by atoms with E-state index in [2.05, 4.69) is 22.0 Å². The number of likely N-dealkylation sites (N-methyl/N-ethyl adjacent to an activating group) is 1. The summed E-state index contributed by atoms with van der Waals surface area (Å²) in [6.45, 7) is 6.84. The molecule has 1 aromatic heterocycles. The minimum Gasteiger partial charge on any atom is -0.457 e. The number of piperazine rings is 1. The van der Waals surface area contributed by atoms with Gasteiger partial charge in [0.25, 0.3) is 0 Å². The summed E-state index contributed by atoms with van der Waals surface area (Å²) in [5, 5.41) is 4.63. The first kappa shape index (κ1) is 23.7. The number of rotatable bonds is 6. The molecular formula is C25H24Cl3N3O2. The predicted octanol–water partition coefficient (Wildman–Crippen LogP) is 6.70. The third-order valence-corrected chi connectivity index (χ3v) is 6.46. The van der Waals surface area contributed by atoms with Crippen LogP contribution in [0.25, 0.3) is 17.4 Å². The fraction of sp³-hybridized carbons (Fsp3) is 0.240. The minimum absolute atomic E-state index is 0.270. The number of anilines is 2. The molecule has 172 valence electrons. The van der Waals surface area contributed by atoms with E-state index >= 15 is 0 Å². The number of nitrogens with one attached hydrogen (secondary N) is 1. The minimum atomic E-state index is -0.270. The van der Waals surface area contributed by atoms with Crippen molar-refractivity contribution in [1.29, 1.82) is 0 Å². The number of amides is 1. The van der Waals surface area contributed by atoms with Crippen LogP contribution in [-0.2, 0) is 4.79 Å². The summed E-state index contributed by atoms with van der Waals surface area (Å²) >= 11 is 18.7. The number of carbonyl (C=O) groups excluding carboxylic acids is 1. The van der Waals surface area contributed by atoms with Crippen LogP contribution in [0.3, 0.4) is 0 Å². The van der Waals surface area contributed by atoms with Crippen LogP contribution < -0.4 is 10.2 Å². The lowest BCUT2D eigenvalue weighted by molar-refractivity contribution is -0.111. The Kier molecular flexibility index (Phi) is 7.66. The molecule has 0 aliphatic carbocycles. The lowest BCUT2D eigenvalue weighted by Gasteiger charge is -2.36. The van der Waals surface area contributed by atoms with Crippen LogP contribution in [-0.4, -0.2) is 43.5 Å². The highest BCUT2D eigenvalue weighted by Crippen LogP contribution is 2.35. The maximum atomic E-state index is 12.7. The van der Waals surface area contributed by atoms with Crippen molar-refractivity contribution < 1.29 is 9.21 Å². The van der Waals surface area contributed by atoms with Crippen molar-refractivity contribution in [2.75, 3.05) is 42.9 Å². The van der Waals surface area contributed by atoms with E-state index in [0.29, 0.717) is 32.3 Å². The van der Waals surface area contributed by atoms with Gasteiger partial charge in [-0.3, -0.25) is 4.79 Å². The molecule has 4 rings (SSSR count). The van der Waals surface area contributed by atoms with E-state index in [-0.39, 0.29) is 5.91 Å². The quantitative estimate of drug-likeness (QED) is 0.379. The zero-order valence-corrected chi connectivity index (χ0v) is 20.4. The van der Waals surface area contributed by atoms with Crippen LogP contribution in [0.15, 0.2) is 59.0 Å². The van der Waals surface area contributed by atoms with Crippen molar-refractivity contribution in [3.05, 3.63) is 75.4 Å². The summed E-state index contributed by atoms with van der Waals surface area (Å²) in [4.78, 5) is 17.3. The van der Waals surface area contributed by atoms with Crippen LogP contribution in [0.4, 0.5) is 11.4 Å². The predicted molar refractivity (Wildman–Crippen MR) is 138 cm³/mol. The third-order valence-electron chi connectivity index (χ3n) is 5.60. The second-order valence-electron chi connectivity index (χ2n) is 7.71. The highest BCUT2D eigenvalue weighted by molar-refractivity contribution is 6.36. The van der Waals surface area contributed by atoms with Crippen LogP contribution in [0.1, 0.15) is 12.7 Å². The van der Waals surface area contributed by atoms with Crippen LogP contribution >= 0.6 is 34.8 Å². The van der Waals surface area contributed by atoms with Crippen molar-refractivity contribution in [2.45, 2.75) is 6.92 Å². The number of halogens is 3. The standard InChI is InChI=1S/C25H24Cl3N3O2/c1-2-30-12-14-31(15-13-30)25-20(27)4-3-5-22(25)29-24(32)11-8-18-7-10-23(33-18)19-9-6-17(26)16-21(19)28/h3-11,16H,2,12-15H2,1H3,(H,29,32). The van der Waals surface area contributed by atoms with Gasteiger partial charge in [-0.2, -0.15) is 0 Å². The van der Waals surface area contributed by atoms with Gasteiger partial charge in [-0.05, 0) is 55.1 Å². The van der Waals surface area contributed by atoms with E-state index in [4.69, 9.17) is 39.2 Å². The zero-order valence-electron chi connectivity index (χ0n) is 18.2. The van der Waals surface area contributed by atoms with Gasteiger partial charge in [0.2, 0.25) is 5.91 Å². The Morgan fingerprint density at radius 2 is 1.82 bits per heavy atom. The molecule has 1 N–H and O–H groups in total. The Balaban J connectivity index is 1.45. The molecular weight excluding hydrogens is 481 g/mol. The van der Waals surface area contributed by atoms with Gasteiger partial charge in [-0.15, -0.1) is 0 Å². The second-order valence-corrected chi connectivity index (χ2v) is 8.96. The van der Waals surface area contributed by atoms with Crippen molar-refractivity contribution in [3.8, 4) is 11.3 Å². The molecule has 0 saturated carbocycles. The highest BCUT2D eigenvalue weighted by Gasteiger charge is 2.21. The molecule has 0 bridgehead atoms. The lowest BCUT2D eigenvalue weighted by Crippen LogP contribution is -2.46. The molecule has 1 aliphatic rings. The molecule has 0 unspecified atom stereocenters. The molecule has 0 atom stereocenters. The zero-order chi connectivity index (χ0) is 23.4. The lowest BCUT2D eigenvalue weighted by atomic mass is 10.2. The molecule has 2 aromatic carbocycles. The average molecular weight is 505 g/mol. The molecule has 2 heterocycles. The van der Waals surface area contributed by atoms with E-state index in [1.54, 1.807) is 36.4 Å². The second kappa shape index (κ2) is 10.7. The molecule has 8 heteroatoms. The van der Waals surface area contributed by atoms with Crippen LogP contribution in [0, 0.1) is 0 Å². The SMILES string of the molecule is CCN1CCN(c2c(Cl)cccc2NC(=O)C=Cc2ccc(-c3ccc(Cl)cc3Cl)o2)CC1. The number of carbonyl (C=O) groups is 1. The molecule has 1 amide bonds. The first-order valence-corrected chi connectivity index (χ1v) is 11.9. The van der Waals surface area contributed by atoms with Gasteiger partial charge >= 0.3 is 0 Å². The van der Waals surface area contributed by atoms with Gasteiger partial charge in [0.05, 0.1) is 21.4 Å². The van der Waals surface area contributed by atoms with Gasteiger partial charge in [-0.1, -0.05) is 47.8 Å². The maximum absolute atomic E-state index is 12.7. The number of hydrogen-bond acceptors (Lipinski definition) is 4. The molecule has 5 nitrogen and oxygen atoms in total. The fourth-order valence-corrected chi connectivity index (χ4v) is 4.63. The number of furan rings is 1. The van der Waals surface area contributed by atoms with E-state index in [1.807, 2.05) is 18.2 Å². The molecule has 1 fully saturated rings.